The summed E-state index contributed by atoms with van der Waals surface area (Å²) in [5, 5.41) is 19.9. The van der Waals surface area contributed by atoms with Gasteiger partial charge >= 0.3 is 0 Å². The number of aliphatic imine (C=N–C) groups is 2. The minimum atomic E-state index is 0.415. The predicted octanol–water partition coefficient (Wildman–Crippen LogP) is 2.92. The first-order valence-electron chi connectivity index (χ1n) is 6.51. The number of hydrogen-bond acceptors (Lipinski definition) is 5. The second-order valence-corrected chi connectivity index (χ2v) is 4.62. The van der Waals surface area contributed by atoms with Gasteiger partial charge in [-0.05, 0) is 22.9 Å². The maximum absolute atomic E-state index is 8.94. The van der Waals surface area contributed by atoms with E-state index in [1.54, 1.807) is 18.5 Å². The van der Waals surface area contributed by atoms with E-state index in [0.29, 0.717) is 17.2 Å². The molecule has 1 aliphatic rings. The number of rotatable bonds is 1. The zero-order valence-corrected chi connectivity index (χ0v) is 11.7. The molecule has 0 saturated heterocycles. The van der Waals surface area contributed by atoms with Crippen LogP contribution in [-0.2, 0) is 4.74 Å². The van der Waals surface area contributed by atoms with Crippen molar-refractivity contribution in [1.82, 2.24) is 0 Å². The fraction of sp³-hybridized carbons (Fsp3) is 0.0588. The van der Waals surface area contributed by atoms with E-state index < -0.39 is 0 Å². The molecule has 104 valence electrons. The maximum atomic E-state index is 8.94. The molecule has 0 aromatic heterocycles. The first-order chi connectivity index (χ1) is 10.8. The Kier molecular flexibility index (Phi) is 3.39. The monoisotopic (exact) mass is 286 g/mol. The van der Waals surface area contributed by atoms with Crippen molar-refractivity contribution >= 4 is 22.2 Å². The highest BCUT2D eigenvalue weighted by atomic mass is 16.5. The van der Waals surface area contributed by atoms with Crippen molar-refractivity contribution in [2.75, 3.05) is 7.11 Å². The summed E-state index contributed by atoms with van der Waals surface area (Å²) in [5.74, 6) is 0.415. The van der Waals surface area contributed by atoms with Gasteiger partial charge in [-0.1, -0.05) is 24.3 Å². The van der Waals surface area contributed by atoms with E-state index in [-0.39, 0.29) is 0 Å². The Morgan fingerprint density at radius 3 is 2.18 bits per heavy atom. The molecule has 5 nitrogen and oxygen atoms in total. The number of hydrogen-bond donors (Lipinski definition) is 0. The highest BCUT2D eigenvalue weighted by Crippen LogP contribution is 2.28. The topological polar surface area (TPSA) is 81.5 Å². The molecule has 0 fully saturated rings. The van der Waals surface area contributed by atoms with Crippen LogP contribution in [0.2, 0.25) is 0 Å². The zero-order chi connectivity index (χ0) is 15.5. The molecule has 0 unspecified atom stereocenters. The summed E-state index contributed by atoms with van der Waals surface area (Å²) in [7, 11) is 1.49. The maximum Gasteiger partial charge on any atom is 0.206 e. The smallest absolute Gasteiger partial charge is 0.206 e. The summed E-state index contributed by atoms with van der Waals surface area (Å²) in [6.45, 7) is 0. The van der Waals surface area contributed by atoms with Crippen LogP contribution < -0.4 is 0 Å². The lowest BCUT2D eigenvalue weighted by molar-refractivity contribution is 0.315. The minimum absolute atomic E-state index is 0.415. The highest BCUT2D eigenvalue weighted by Gasteiger charge is 2.24. The summed E-state index contributed by atoms with van der Waals surface area (Å²) < 4.78 is 5.29. The van der Waals surface area contributed by atoms with E-state index in [1.807, 2.05) is 36.4 Å². The average Bonchev–Trinajstić information content (AvgIpc) is 2.55. The van der Waals surface area contributed by atoms with E-state index in [1.165, 1.54) is 7.11 Å². The molecule has 22 heavy (non-hydrogen) atoms. The molecule has 0 saturated carbocycles. The van der Waals surface area contributed by atoms with Crippen molar-refractivity contribution in [2.45, 2.75) is 0 Å². The van der Waals surface area contributed by atoms with Gasteiger partial charge in [-0.15, -0.1) is 0 Å². The van der Waals surface area contributed by atoms with Crippen LogP contribution in [0.15, 0.2) is 58.2 Å². The Balaban J connectivity index is 2.39. The fourth-order valence-corrected chi connectivity index (χ4v) is 2.52. The van der Waals surface area contributed by atoms with Crippen LogP contribution in [0.1, 0.15) is 11.1 Å². The number of benzene rings is 2. The Bertz CT molecular complexity index is 939. The highest BCUT2D eigenvalue weighted by molar-refractivity contribution is 6.28. The Morgan fingerprint density at radius 2 is 1.59 bits per heavy atom. The van der Waals surface area contributed by atoms with Crippen LogP contribution >= 0.6 is 0 Å². The molecule has 2 aromatic rings. The predicted molar refractivity (Wildman–Crippen MR) is 83.3 cm³/mol. The molecule has 0 N–H and O–H groups in total. The molecule has 0 bridgehead atoms. The Labute approximate surface area is 127 Å². The van der Waals surface area contributed by atoms with Gasteiger partial charge in [0, 0.05) is 17.2 Å². The van der Waals surface area contributed by atoms with Gasteiger partial charge in [-0.2, -0.15) is 20.5 Å². The molecule has 3 rings (SSSR count). The van der Waals surface area contributed by atoms with Crippen LogP contribution in [0.4, 0.5) is 0 Å². The van der Waals surface area contributed by atoms with Crippen LogP contribution in [0.3, 0.4) is 0 Å². The van der Waals surface area contributed by atoms with Gasteiger partial charge in [0.2, 0.25) is 12.4 Å². The first-order valence-corrected chi connectivity index (χ1v) is 6.51. The molecular formula is C17H10N4O. The van der Waals surface area contributed by atoms with E-state index in [9.17, 15) is 0 Å². The van der Waals surface area contributed by atoms with Crippen molar-refractivity contribution in [2.24, 2.45) is 9.98 Å². The fourth-order valence-electron chi connectivity index (χ4n) is 2.52. The number of methoxy groups -OCH3 is 1. The SMILES string of the molecule is COC1=CC(=NC#N)c2cc3ccccc3cc2C1=NC#N. The second kappa shape index (κ2) is 5.51. The minimum Gasteiger partial charge on any atom is -0.494 e. The molecule has 0 spiro atoms. The molecular weight excluding hydrogens is 276 g/mol. The third kappa shape index (κ3) is 2.11. The molecule has 0 aliphatic heterocycles. The Morgan fingerprint density at radius 1 is 0.955 bits per heavy atom. The van der Waals surface area contributed by atoms with Crippen LogP contribution in [0, 0.1) is 22.9 Å². The van der Waals surface area contributed by atoms with Crippen molar-refractivity contribution in [1.29, 1.82) is 10.5 Å². The van der Waals surface area contributed by atoms with Crippen molar-refractivity contribution < 1.29 is 4.74 Å². The summed E-state index contributed by atoms with van der Waals surface area (Å²) in [5.41, 5.74) is 2.43. The number of allylic oxidation sites excluding steroid dienone is 2. The summed E-state index contributed by atoms with van der Waals surface area (Å²) in [6.07, 6.45) is 5.22. The van der Waals surface area contributed by atoms with Gasteiger partial charge in [0.25, 0.3) is 0 Å². The zero-order valence-electron chi connectivity index (χ0n) is 11.7. The summed E-state index contributed by atoms with van der Waals surface area (Å²) in [4.78, 5) is 7.72. The quantitative estimate of drug-likeness (QED) is 0.756. The largest absolute Gasteiger partial charge is 0.494 e. The molecule has 0 atom stereocenters. The van der Waals surface area contributed by atoms with Crippen LogP contribution in [-0.4, -0.2) is 18.5 Å². The van der Waals surface area contributed by atoms with Gasteiger partial charge in [0.05, 0.1) is 12.8 Å². The van der Waals surface area contributed by atoms with Gasteiger partial charge < -0.3 is 4.74 Å². The van der Waals surface area contributed by atoms with Gasteiger partial charge in [0.15, 0.2) is 0 Å². The first kappa shape index (κ1) is 13.5. The Hall–Kier alpha value is -3.44. The number of nitriles is 2. The normalized spacial score (nSPS) is 16.8. The van der Waals surface area contributed by atoms with Crippen molar-refractivity contribution in [3.05, 3.63) is 59.4 Å². The lowest BCUT2D eigenvalue weighted by atomic mass is 9.89. The lowest BCUT2D eigenvalue weighted by Gasteiger charge is -2.19. The van der Waals surface area contributed by atoms with E-state index >= 15 is 0 Å². The van der Waals surface area contributed by atoms with Crippen molar-refractivity contribution in [3.8, 4) is 12.4 Å². The van der Waals surface area contributed by atoms with E-state index in [2.05, 4.69) is 9.98 Å². The van der Waals surface area contributed by atoms with Gasteiger partial charge in [0.1, 0.15) is 11.5 Å². The molecule has 0 amide bonds. The third-order valence-electron chi connectivity index (χ3n) is 3.47. The number of fused-ring (bicyclic) bond motifs is 2. The van der Waals surface area contributed by atoms with Crippen molar-refractivity contribution in [3.63, 3.8) is 0 Å². The van der Waals surface area contributed by atoms with E-state index in [4.69, 9.17) is 15.3 Å². The summed E-state index contributed by atoms with van der Waals surface area (Å²) >= 11 is 0. The molecule has 0 radical (unpaired) electrons. The molecule has 5 heteroatoms. The van der Waals surface area contributed by atoms with Gasteiger partial charge in [-0.25, -0.2) is 0 Å². The average molecular weight is 286 g/mol. The molecule has 0 heterocycles. The summed E-state index contributed by atoms with van der Waals surface area (Å²) in [6, 6.07) is 11.7. The van der Waals surface area contributed by atoms with Crippen LogP contribution in [0.5, 0.6) is 0 Å². The second-order valence-electron chi connectivity index (χ2n) is 4.62. The molecule has 2 aromatic carbocycles. The molecule has 1 aliphatic carbocycles. The van der Waals surface area contributed by atoms with Gasteiger partial charge in [-0.3, -0.25) is 0 Å². The van der Waals surface area contributed by atoms with E-state index in [0.717, 1.165) is 21.9 Å². The van der Waals surface area contributed by atoms with Crippen LogP contribution in [0.25, 0.3) is 10.8 Å². The lowest BCUT2D eigenvalue weighted by Crippen LogP contribution is -2.19. The number of nitrogens with zero attached hydrogens (tertiary/aromatic N) is 4. The third-order valence-corrected chi connectivity index (χ3v) is 3.47. The standard InChI is InChI=1S/C17H10N4O/c1-22-16-8-15(20-9-18)13-6-11-4-2-3-5-12(11)7-14(13)17(16)21-10-19/h2-8H,1H3. The number of ether oxygens (including phenoxy) is 1.